The summed E-state index contributed by atoms with van der Waals surface area (Å²) in [7, 11) is 1.61. The summed E-state index contributed by atoms with van der Waals surface area (Å²) in [4.78, 5) is 0. The SMILES string of the molecule is COc1cc(C#N)ccc1[C@H]1C[C@@H](OC(C)(C)C)[C@@H](COC(C)(C)C)O1. The topological polar surface area (TPSA) is 60.7 Å². The highest BCUT2D eigenvalue weighted by Crippen LogP contribution is 2.40. The van der Waals surface area contributed by atoms with Gasteiger partial charge in [-0.2, -0.15) is 5.26 Å². The number of ether oxygens (including phenoxy) is 4. The molecule has 1 saturated heterocycles. The molecular formula is C21H31NO4. The van der Waals surface area contributed by atoms with Crippen molar-refractivity contribution < 1.29 is 18.9 Å². The highest BCUT2D eigenvalue weighted by Gasteiger charge is 2.40. The van der Waals surface area contributed by atoms with Crippen LogP contribution in [0.25, 0.3) is 0 Å². The van der Waals surface area contributed by atoms with E-state index < -0.39 is 0 Å². The van der Waals surface area contributed by atoms with Crippen LogP contribution in [0.1, 0.15) is 65.2 Å². The van der Waals surface area contributed by atoms with Crippen molar-refractivity contribution in [2.75, 3.05) is 13.7 Å². The molecule has 0 spiro atoms. The maximum atomic E-state index is 9.10. The first-order chi connectivity index (χ1) is 12.0. The Kier molecular flexibility index (Phi) is 6.33. The molecule has 0 unspecified atom stereocenters. The molecule has 5 nitrogen and oxygen atoms in total. The Balaban J connectivity index is 2.22. The Morgan fingerprint density at radius 2 is 1.85 bits per heavy atom. The first kappa shape index (κ1) is 20.7. The molecule has 1 aromatic rings. The zero-order valence-electron chi connectivity index (χ0n) is 17.0. The molecule has 0 aliphatic carbocycles. The summed E-state index contributed by atoms with van der Waals surface area (Å²) in [5, 5.41) is 9.10. The third kappa shape index (κ3) is 5.70. The van der Waals surface area contributed by atoms with Gasteiger partial charge in [0, 0.05) is 12.0 Å². The summed E-state index contributed by atoms with van der Waals surface area (Å²) in [6.45, 7) is 12.7. The largest absolute Gasteiger partial charge is 0.496 e. The average Bonchev–Trinajstić information content (AvgIpc) is 2.92. The molecule has 0 saturated carbocycles. The molecule has 2 rings (SSSR count). The molecule has 1 aromatic carbocycles. The van der Waals surface area contributed by atoms with E-state index in [2.05, 4.69) is 6.07 Å². The second-order valence-corrected chi connectivity index (χ2v) is 8.66. The van der Waals surface area contributed by atoms with Crippen molar-refractivity contribution >= 4 is 0 Å². The Morgan fingerprint density at radius 1 is 1.15 bits per heavy atom. The molecule has 0 aromatic heterocycles. The lowest BCUT2D eigenvalue weighted by atomic mass is 10.0. The number of nitriles is 1. The van der Waals surface area contributed by atoms with Gasteiger partial charge >= 0.3 is 0 Å². The van der Waals surface area contributed by atoms with Crippen LogP contribution in [0, 0.1) is 11.3 Å². The van der Waals surface area contributed by atoms with Crippen molar-refractivity contribution in [1.29, 1.82) is 5.26 Å². The normalized spacial score (nSPS) is 23.7. The molecule has 1 aliphatic rings. The summed E-state index contributed by atoms with van der Waals surface area (Å²) < 4.78 is 24.0. The van der Waals surface area contributed by atoms with Gasteiger partial charge in [0.05, 0.1) is 48.8 Å². The minimum Gasteiger partial charge on any atom is -0.496 e. The Bertz CT molecular complexity index is 651. The van der Waals surface area contributed by atoms with E-state index in [0.29, 0.717) is 17.9 Å². The fourth-order valence-electron chi connectivity index (χ4n) is 3.02. The highest BCUT2D eigenvalue weighted by molar-refractivity contribution is 5.44. The van der Waals surface area contributed by atoms with E-state index in [9.17, 15) is 0 Å². The van der Waals surface area contributed by atoms with Crippen LogP contribution in [-0.4, -0.2) is 37.1 Å². The van der Waals surface area contributed by atoms with Gasteiger partial charge in [-0.1, -0.05) is 6.07 Å². The lowest BCUT2D eigenvalue weighted by molar-refractivity contribution is -0.128. The summed E-state index contributed by atoms with van der Waals surface area (Å²) in [5.41, 5.74) is 1.00. The molecule has 1 fully saturated rings. The second-order valence-electron chi connectivity index (χ2n) is 8.66. The number of methoxy groups -OCH3 is 1. The van der Waals surface area contributed by atoms with Crippen molar-refractivity contribution in [2.24, 2.45) is 0 Å². The van der Waals surface area contributed by atoms with Crippen molar-refractivity contribution in [3.63, 3.8) is 0 Å². The molecule has 0 N–H and O–H groups in total. The number of hydrogen-bond acceptors (Lipinski definition) is 5. The van der Waals surface area contributed by atoms with E-state index >= 15 is 0 Å². The number of hydrogen-bond donors (Lipinski definition) is 0. The van der Waals surface area contributed by atoms with Crippen molar-refractivity contribution in [3.8, 4) is 11.8 Å². The summed E-state index contributed by atoms with van der Waals surface area (Å²) in [6, 6.07) is 7.58. The van der Waals surface area contributed by atoms with Gasteiger partial charge in [-0.15, -0.1) is 0 Å². The Hall–Kier alpha value is -1.61. The quantitative estimate of drug-likeness (QED) is 0.778. The van der Waals surface area contributed by atoms with Crippen LogP contribution in [0.15, 0.2) is 18.2 Å². The summed E-state index contributed by atoms with van der Waals surface area (Å²) in [6.07, 6.45) is 0.345. The summed E-state index contributed by atoms with van der Waals surface area (Å²) >= 11 is 0. The maximum Gasteiger partial charge on any atom is 0.125 e. The van der Waals surface area contributed by atoms with Gasteiger partial charge < -0.3 is 18.9 Å². The van der Waals surface area contributed by atoms with Crippen LogP contribution in [0.5, 0.6) is 5.75 Å². The second kappa shape index (κ2) is 7.96. The minimum atomic E-state index is -0.266. The predicted octanol–water partition coefficient (Wildman–Crippen LogP) is 4.40. The van der Waals surface area contributed by atoms with Crippen LogP contribution in [-0.2, 0) is 14.2 Å². The highest BCUT2D eigenvalue weighted by atomic mass is 16.6. The van der Waals surface area contributed by atoms with Crippen LogP contribution in [0.2, 0.25) is 0 Å². The van der Waals surface area contributed by atoms with E-state index in [1.165, 1.54) is 0 Å². The molecule has 26 heavy (non-hydrogen) atoms. The Morgan fingerprint density at radius 3 is 2.38 bits per heavy atom. The van der Waals surface area contributed by atoms with Gasteiger partial charge in [-0.05, 0) is 53.7 Å². The van der Waals surface area contributed by atoms with E-state index in [0.717, 1.165) is 12.0 Å². The molecular weight excluding hydrogens is 330 g/mol. The van der Waals surface area contributed by atoms with Gasteiger partial charge in [-0.3, -0.25) is 0 Å². The zero-order valence-corrected chi connectivity index (χ0v) is 17.0. The smallest absolute Gasteiger partial charge is 0.125 e. The lowest BCUT2D eigenvalue weighted by Crippen LogP contribution is -2.37. The number of rotatable bonds is 5. The van der Waals surface area contributed by atoms with Crippen LogP contribution in [0.3, 0.4) is 0 Å². The predicted molar refractivity (Wildman–Crippen MR) is 100 cm³/mol. The van der Waals surface area contributed by atoms with E-state index in [4.69, 9.17) is 24.2 Å². The van der Waals surface area contributed by atoms with Crippen molar-refractivity contribution in [1.82, 2.24) is 0 Å². The van der Waals surface area contributed by atoms with Gasteiger partial charge in [0.25, 0.3) is 0 Å². The molecule has 1 aliphatic heterocycles. The van der Waals surface area contributed by atoms with Gasteiger partial charge in [0.15, 0.2) is 0 Å². The van der Waals surface area contributed by atoms with Gasteiger partial charge in [-0.25, -0.2) is 0 Å². The monoisotopic (exact) mass is 361 g/mol. The van der Waals surface area contributed by atoms with E-state index in [1.807, 2.05) is 47.6 Å². The fourth-order valence-corrected chi connectivity index (χ4v) is 3.02. The third-order valence-corrected chi connectivity index (χ3v) is 4.10. The Labute approximate surface area is 157 Å². The van der Waals surface area contributed by atoms with Crippen molar-refractivity contribution in [3.05, 3.63) is 29.3 Å². The third-order valence-electron chi connectivity index (χ3n) is 4.10. The molecule has 144 valence electrons. The molecule has 0 bridgehead atoms. The molecule has 1 heterocycles. The van der Waals surface area contributed by atoms with Crippen LogP contribution >= 0.6 is 0 Å². The van der Waals surface area contributed by atoms with Crippen LogP contribution in [0.4, 0.5) is 0 Å². The maximum absolute atomic E-state index is 9.10. The van der Waals surface area contributed by atoms with Gasteiger partial charge in [0.2, 0.25) is 0 Å². The zero-order chi connectivity index (χ0) is 19.5. The minimum absolute atomic E-state index is 0.0669. The standard InChI is InChI=1S/C21H31NO4/c1-20(2,3)24-13-19-18(26-21(4,5)6)11-17(25-19)15-9-8-14(12-22)10-16(15)23-7/h8-10,17-19H,11,13H2,1-7H3/t17-,18-,19-/m1/s1. The molecule has 3 atom stereocenters. The van der Waals surface area contributed by atoms with Gasteiger partial charge in [0.1, 0.15) is 11.9 Å². The number of nitrogens with zero attached hydrogens (tertiary/aromatic N) is 1. The molecule has 0 radical (unpaired) electrons. The van der Waals surface area contributed by atoms with Crippen LogP contribution < -0.4 is 4.74 Å². The van der Waals surface area contributed by atoms with E-state index in [1.54, 1.807) is 19.2 Å². The fraction of sp³-hybridized carbons (Fsp3) is 0.667. The average molecular weight is 361 g/mol. The first-order valence-electron chi connectivity index (χ1n) is 9.07. The molecule has 0 amide bonds. The van der Waals surface area contributed by atoms with Crippen molar-refractivity contribution in [2.45, 2.75) is 77.5 Å². The lowest BCUT2D eigenvalue weighted by Gasteiger charge is -2.29. The number of benzene rings is 1. The molecule has 5 heteroatoms. The van der Waals surface area contributed by atoms with E-state index in [-0.39, 0.29) is 29.5 Å². The first-order valence-corrected chi connectivity index (χ1v) is 9.07. The summed E-state index contributed by atoms with van der Waals surface area (Å²) in [5.74, 6) is 0.668.